The second-order valence-electron chi connectivity index (χ2n) is 7.91. The fourth-order valence-corrected chi connectivity index (χ4v) is 3.84. The van der Waals surface area contributed by atoms with Crippen LogP contribution in [-0.2, 0) is 38.8 Å². The molecule has 1 heterocycles. The Kier molecular flexibility index (Phi) is 8.42. The number of benzene rings is 3. The van der Waals surface area contributed by atoms with Crippen LogP contribution in [0.15, 0.2) is 91.0 Å². The molecule has 0 spiro atoms. The Labute approximate surface area is 189 Å². The van der Waals surface area contributed by atoms with Gasteiger partial charge in [0, 0.05) is 0 Å². The number of aliphatic hydroxyl groups is 1. The Morgan fingerprint density at radius 3 is 1.75 bits per heavy atom. The quantitative estimate of drug-likeness (QED) is 0.492. The molecule has 1 fully saturated rings. The maximum absolute atomic E-state index is 10.1. The van der Waals surface area contributed by atoms with Gasteiger partial charge in [0.15, 0.2) is 0 Å². The zero-order valence-electron chi connectivity index (χ0n) is 18.1. The summed E-state index contributed by atoms with van der Waals surface area (Å²) in [5.74, 6) is 0. The van der Waals surface area contributed by atoms with Gasteiger partial charge in [0.1, 0.15) is 24.4 Å². The van der Waals surface area contributed by atoms with Crippen LogP contribution >= 0.6 is 0 Å². The Morgan fingerprint density at radius 2 is 1.22 bits per heavy atom. The highest BCUT2D eigenvalue weighted by atomic mass is 16.6. The normalized spacial score (nSPS) is 21.5. The van der Waals surface area contributed by atoms with Gasteiger partial charge in [-0.15, -0.1) is 0 Å². The number of aliphatic hydroxyl groups excluding tert-OH is 1. The summed E-state index contributed by atoms with van der Waals surface area (Å²) in [6.45, 7) is 1.54. The van der Waals surface area contributed by atoms with Gasteiger partial charge in [-0.2, -0.15) is 0 Å². The zero-order valence-corrected chi connectivity index (χ0v) is 18.1. The second-order valence-corrected chi connectivity index (χ2v) is 7.91. The van der Waals surface area contributed by atoms with Gasteiger partial charge in [0.25, 0.3) is 0 Å². The number of hydrogen-bond donors (Lipinski definition) is 1. The molecule has 0 saturated carbocycles. The molecule has 0 radical (unpaired) electrons. The Morgan fingerprint density at radius 1 is 0.719 bits per heavy atom. The van der Waals surface area contributed by atoms with Crippen LogP contribution in [0.3, 0.4) is 0 Å². The molecule has 5 heteroatoms. The summed E-state index contributed by atoms with van der Waals surface area (Å²) < 4.78 is 24.6. The van der Waals surface area contributed by atoms with E-state index in [1.54, 1.807) is 0 Å². The van der Waals surface area contributed by atoms with Crippen molar-refractivity contribution in [3.05, 3.63) is 108 Å². The largest absolute Gasteiger partial charge is 0.394 e. The van der Waals surface area contributed by atoms with Gasteiger partial charge in [-0.25, -0.2) is 0 Å². The molecule has 32 heavy (non-hydrogen) atoms. The summed E-state index contributed by atoms with van der Waals surface area (Å²) in [5.41, 5.74) is 3.21. The van der Waals surface area contributed by atoms with Crippen LogP contribution in [0, 0.1) is 0 Å². The van der Waals surface area contributed by atoms with Gasteiger partial charge in [-0.3, -0.25) is 0 Å². The van der Waals surface area contributed by atoms with Crippen molar-refractivity contribution in [2.24, 2.45) is 0 Å². The third-order valence-electron chi connectivity index (χ3n) is 5.59. The molecule has 0 unspecified atom stereocenters. The lowest BCUT2D eigenvalue weighted by Gasteiger charge is -2.28. The summed E-state index contributed by atoms with van der Waals surface area (Å²) in [5, 5.41) is 10.1. The molecular formula is C27H30O5. The molecule has 0 amide bonds. The monoisotopic (exact) mass is 434 g/mol. The van der Waals surface area contributed by atoms with Crippen molar-refractivity contribution >= 4 is 0 Å². The van der Waals surface area contributed by atoms with Crippen molar-refractivity contribution in [1.29, 1.82) is 0 Å². The van der Waals surface area contributed by atoms with Crippen LogP contribution in [0.5, 0.6) is 0 Å². The van der Waals surface area contributed by atoms with E-state index in [4.69, 9.17) is 18.9 Å². The number of ether oxygens (including phenoxy) is 4. The van der Waals surface area contributed by atoms with Gasteiger partial charge < -0.3 is 24.1 Å². The molecule has 4 atom stereocenters. The summed E-state index contributed by atoms with van der Waals surface area (Å²) in [7, 11) is 0. The first-order valence-electron chi connectivity index (χ1n) is 11.0. The fourth-order valence-electron chi connectivity index (χ4n) is 3.84. The molecule has 0 aromatic heterocycles. The SMILES string of the molecule is OC[C@@H](OCc1ccccc1)[C@@H]1OC[C@H](OCc2ccccc2)[C@H]1OCc1ccccc1. The highest BCUT2D eigenvalue weighted by Crippen LogP contribution is 2.27. The first-order chi connectivity index (χ1) is 15.8. The average molecular weight is 435 g/mol. The highest BCUT2D eigenvalue weighted by Gasteiger charge is 2.43. The van der Waals surface area contributed by atoms with E-state index < -0.39 is 12.2 Å². The summed E-state index contributed by atoms with van der Waals surface area (Å²) in [4.78, 5) is 0. The van der Waals surface area contributed by atoms with Gasteiger partial charge in [0.05, 0.1) is 33.0 Å². The molecule has 1 N–H and O–H groups in total. The van der Waals surface area contributed by atoms with Crippen LogP contribution in [0.2, 0.25) is 0 Å². The molecule has 0 bridgehead atoms. The third kappa shape index (κ3) is 6.25. The van der Waals surface area contributed by atoms with Crippen LogP contribution in [0.4, 0.5) is 0 Å². The van der Waals surface area contributed by atoms with E-state index in [-0.39, 0.29) is 18.8 Å². The van der Waals surface area contributed by atoms with Crippen molar-refractivity contribution < 1.29 is 24.1 Å². The maximum atomic E-state index is 10.1. The molecule has 168 valence electrons. The zero-order chi connectivity index (χ0) is 22.0. The molecule has 0 aliphatic carbocycles. The van der Waals surface area contributed by atoms with Crippen LogP contribution in [0.1, 0.15) is 16.7 Å². The molecule has 1 saturated heterocycles. The minimum Gasteiger partial charge on any atom is -0.394 e. The highest BCUT2D eigenvalue weighted by molar-refractivity contribution is 5.15. The predicted molar refractivity (Wildman–Crippen MR) is 122 cm³/mol. The predicted octanol–water partition coefficient (Wildman–Crippen LogP) is 4.13. The third-order valence-corrected chi connectivity index (χ3v) is 5.59. The smallest absolute Gasteiger partial charge is 0.115 e. The first kappa shape index (κ1) is 22.6. The number of rotatable bonds is 11. The average Bonchev–Trinajstić information content (AvgIpc) is 3.26. The summed E-state index contributed by atoms with van der Waals surface area (Å²) >= 11 is 0. The minimum absolute atomic E-state index is 0.159. The maximum Gasteiger partial charge on any atom is 0.115 e. The summed E-state index contributed by atoms with van der Waals surface area (Å²) in [6.07, 6.45) is -1.54. The molecule has 1 aliphatic rings. The van der Waals surface area contributed by atoms with E-state index in [1.165, 1.54) is 0 Å². The molecular weight excluding hydrogens is 404 g/mol. The fraction of sp³-hybridized carbons (Fsp3) is 0.333. The molecule has 5 nitrogen and oxygen atoms in total. The van der Waals surface area contributed by atoms with Gasteiger partial charge in [-0.05, 0) is 16.7 Å². The molecule has 3 aromatic carbocycles. The Balaban J connectivity index is 1.43. The van der Waals surface area contributed by atoms with E-state index in [9.17, 15) is 5.11 Å². The van der Waals surface area contributed by atoms with E-state index in [1.807, 2.05) is 91.0 Å². The van der Waals surface area contributed by atoms with E-state index >= 15 is 0 Å². The van der Waals surface area contributed by atoms with Crippen LogP contribution in [-0.4, -0.2) is 42.7 Å². The van der Waals surface area contributed by atoms with Crippen molar-refractivity contribution in [3.63, 3.8) is 0 Å². The van der Waals surface area contributed by atoms with Crippen LogP contribution < -0.4 is 0 Å². The minimum atomic E-state index is -0.513. The van der Waals surface area contributed by atoms with Gasteiger partial charge in [0.2, 0.25) is 0 Å². The van der Waals surface area contributed by atoms with Crippen molar-refractivity contribution in [3.8, 4) is 0 Å². The lowest BCUT2D eigenvalue weighted by molar-refractivity contribution is -0.129. The van der Waals surface area contributed by atoms with E-state index in [0.29, 0.717) is 26.4 Å². The first-order valence-corrected chi connectivity index (χ1v) is 11.0. The lowest BCUT2D eigenvalue weighted by atomic mass is 10.1. The molecule has 4 rings (SSSR count). The Bertz CT molecular complexity index is 903. The van der Waals surface area contributed by atoms with E-state index in [2.05, 4.69) is 0 Å². The van der Waals surface area contributed by atoms with Crippen molar-refractivity contribution in [2.75, 3.05) is 13.2 Å². The summed E-state index contributed by atoms with van der Waals surface area (Å²) in [6, 6.07) is 30.0. The van der Waals surface area contributed by atoms with Crippen molar-refractivity contribution in [2.45, 2.75) is 44.2 Å². The lowest BCUT2D eigenvalue weighted by Crippen LogP contribution is -2.44. The number of hydrogen-bond acceptors (Lipinski definition) is 5. The van der Waals surface area contributed by atoms with Crippen LogP contribution in [0.25, 0.3) is 0 Å². The van der Waals surface area contributed by atoms with E-state index in [0.717, 1.165) is 16.7 Å². The van der Waals surface area contributed by atoms with Gasteiger partial charge >= 0.3 is 0 Å². The van der Waals surface area contributed by atoms with Crippen molar-refractivity contribution in [1.82, 2.24) is 0 Å². The standard InChI is InChI=1S/C27H30O5/c28-16-24(29-17-21-10-4-1-5-11-21)26-27(31-19-23-14-8-3-9-15-23)25(20-32-26)30-18-22-12-6-2-7-13-22/h1-15,24-28H,16-20H2/t24-,25+,26+,27-/m1/s1. The molecule has 1 aliphatic heterocycles. The topological polar surface area (TPSA) is 57.2 Å². The second kappa shape index (κ2) is 11.9. The Hall–Kier alpha value is -2.54. The molecule has 3 aromatic rings. The van der Waals surface area contributed by atoms with Gasteiger partial charge in [-0.1, -0.05) is 91.0 Å².